The van der Waals surface area contributed by atoms with Crippen LogP contribution in [0.4, 0.5) is 0 Å². The molecule has 2 aromatic carbocycles. The van der Waals surface area contributed by atoms with Crippen molar-refractivity contribution in [3.63, 3.8) is 0 Å². The maximum absolute atomic E-state index is 12.2. The molecule has 0 aliphatic rings. The summed E-state index contributed by atoms with van der Waals surface area (Å²) in [7, 11) is 0. The van der Waals surface area contributed by atoms with E-state index in [9.17, 15) is 9.59 Å². The highest BCUT2D eigenvalue weighted by molar-refractivity contribution is 5.77. The summed E-state index contributed by atoms with van der Waals surface area (Å²) >= 11 is 0. The van der Waals surface area contributed by atoms with E-state index < -0.39 is 0 Å². The van der Waals surface area contributed by atoms with Gasteiger partial charge in [-0.1, -0.05) is 24.3 Å². The molecule has 4 aromatic rings. The van der Waals surface area contributed by atoms with E-state index >= 15 is 0 Å². The number of para-hydroxylation sites is 1. The molecule has 1 amide bonds. The maximum Gasteiger partial charge on any atom is 0.258 e. The number of hydrogen-bond acceptors (Lipinski definition) is 4. The van der Waals surface area contributed by atoms with Crippen LogP contribution in [0.5, 0.6) is 0 Å². The van der Waals surface area contributed by atoms with Crippen LogP contribution < -0.4 is 10.9 Å². The molecule has 0 atom stereocenters. The van der Waals surface area contributed by atoms with Gasteiger partial charge < -0.3 is 10.3 Å². The van der Waals surface area contributed by atoms with E-state index in [-0.39, 0.29) is 11.5 Å². The van der Waals surface area contributed by atoms with E-state index in [2.05, 4.69) is 38.6 Å². The second kappa shape index (κ2) is 9.60. The lowest BCUT2D eigenvalue weighted by molar-refractivity contribution is -0.121. The Morgan fingerprint density at radius 3 is 2.59 bits per heavy atom. The number of hydrogen-bond donors (Lipinski definition) is 2. The molecular weight excluding hydrogens is 402 g/mol. The average molecular weight is 430 g/mol. The highest BCUT2D eigenvalue weighted by Gasteiger charge is 2.07. The topological polar surface area (TPSA) is 92.7 Å². The van der Waals surface area contributed by atoms with E-state index in [1.165, 1.54) is 0 Å². The zero-order valence-electron chi connectivity index (χ0n) is 18.4. The zero-order chi connectivity index (χ0) is 22.5. The molecule has 164 valence electrons. The number of fused-ring (bicyclic) bond motifs is 1. The number of carbonyl (C=O) groups excluding carboxylic acids is 1. The molecule has 2 aromatic heterocycles. The van der Waals surface area contributed by atoms with Gasteiger partial charge in [-0.15, -0.1) is 0 Å². The van der Waals surface area contributed by atoms with Crippen LogP contribution in [0.25, 0.3) is 16.6 Å². The quantitative estimate of drug-likeness (QED) is 0.449. The van der Waals surface area contributed by atoms with Crippen molar-refractivity contribution in [2.24, 2.45) is 0 Å². The van der Waals surface area contributed by atoms with Crippen molar-refractivity contribution in [1.82, 2.24) is 25.1 Å². The predicted octanol–water partition coefficient (Wildman–Crippen LogP) is 3.41. The highest BCUT2D eigenvalue weighted by atomic mass is 16.1. The molecule has 0 saturated carbocycles. The SMILES string of the molecule is Cc1cc(C)n(-c2ccc(CCNC(=O)CCCc3nc4ccccc4c(=O)[nH]3)cc2)n1. The Labute approximate surface area is 186 Å². The number of aromatic amines is 1. The first-order valence-corrected chi connectivity index (χ1v) is 10.9. The highest BCUT2D eigenvalue weighted by Crippen LogP contribution is 2.13. The van der Waals surface area contributed by atoms with E-state index in [4.69, 9.17) is 0 Å². The third-order valence-electron chi connectivity index (χ3n) is 5.41. The minimum atomic E-state index is -0.140. The van der Waals surface area contributed by atoms with Crippen LogP contribution in [-0.2, 0) is 17.6 Å². The molecule has 0 aliphatic carbocycles. The van der Waals surface area contributed by atoms with Gasteiger partial charge in [0.15, 0.2) is 0 Å². The molecule has 7 heteroatoms. The molecular formula is C25H27N5O2. The average Bonchev–Trinajstić information content (AvgIpc) is 3.12. The second-order valence-corrected chi connectivity index (χ2v) is 7.99. The third kappa shape index (κ3) is 5.11. The van der Waals surface area contributed by atoms with Gasteiger partial charge in [-0.25, -0.2) is 9.67 Å². The summed E-state index contributed by atoms with van der Waals surface area (Å²) in [6, 6.07) is 17.5. The Hall–Kier alpha value is -3.74. The summed E-state index contributed by atoms with van der Waals surface area (Å²) in [5.41, 5.74) is 4.83. The summed E-state index contributed by atoms with van der Waals surface area (Å²) in [4.78, 5) is 31.6. The Kier molecular flexibility index (Phi) is 6.44. The molecule has 0 unspecified atom stereocenters. The maximum atomic E-state index is 12.2. The monoisotopic (exact) mass is 429 g/mol. The number of nitrogens with zero attached hydrogens (tertiary/aromatic N) is 3. The van der Waals surface area contributed by atoms with E-state index in [0.717, 1.165) is 29.1 Å². The van der Waals surface area contributed by atoms with Gasteiger partial charge in [-0.3, -0.25) is 9.59 Å². The summed E-state index contributed by atoms with van der Waals surface area (Å²) in [5.74, 6) is 0.622. The van der Waals surface area contributed by atoms with Crippen molar-refractivity contribution >= 4 is 16.8 Å². The minimum absolute atomic E-state index is 0.00685. The van der Waals surface area contributed by atoms with Gasteiger partial charge in [0.1, 0.15) is 5.82 Å². The van der Waals surface area contributed by atoms with Crippen molar-refractivity contribution in [3.05, 3.63) is 87.7 Å². The van der Waals surface area contributed by atoms with Crippen molar-refractivity contribution in [2.75, 3.05) is 6.54 Å². The van der Waals surface area contributed by atoms with Gasteiger partial charge in [-0.2, -0.15) is 5.10 Å². The Morgan fingerprint density at radius 1 is 1.06 bits per heavy atom. The fourth-order valence-electron chi connectivity index (χ4n) is 3.80. The van der Waals surface area contributed by atoms with Crippen LogP contribution in [0.1, 0.15) is 35.6 Å². The first-order valence-electron chi connectivity index (χ1n) is 10.9. The van der Waals surface area contributed by atoms with Gasteiger partial charge in [-0.05, 0) is 62.6 Å². The summed E-state index contributed by atoms with van der Waals surface area (Å²) in [6.45, 7) is 4.61. The number of aromatic nitrogens is 4. The molecule has 7 nitrogen and oxygen atoms in total. The molecule has 0 aliphatic heterocycles. The predicted molar refractivity (Wildman–Crippen MR) is 125 cm³/mol. The molecule has 0 fully saturated rings. The van der Waals surface area contributed by atoms with E-state index in [0.29, 0.717) is 42.5 Å². The molecule has 2 heterocycles. The standard InChI is InChI=1S/C25H27N5O2/c1-17-16-18(2)30(29-17)20-12-10-19(11-13-20)14-15-26-24(31)9-5-8-23-27-22-7-4-3-6-21(22)25(32)28-23/h3-4,6-7,10-13,16H,5,8-9,14-15H2,1-2H3,(H,26,31)(H,27,28,32). The Bertz CT molecular complexity index is 1290. The molecule has 0 bridgehead atoms. The molecule has 4 rings (SSSR count). The number of H-pyrrole nitrogens is 1. The molecule has 32 heavy (non-hydrogen) atoms. The van der Waals surface area contributed by atoms with Crippen molar-refractivity contribution in [3.8, 4) is 5.69 Å². The molecule has 0 spiro atoms. The molecule has 0 saturated heterocycles. The minimum Gasteiger partial charge on any atom is -0.356 e. The lowest BCUT2D eigenvalue weighted by Crippen LogP contribution is -2.25. The number of nitrogens with one attached hydrogen (secondary N) is 2. The van der Waals surface area contributed by atoms with Crippen molar-refractivity contribution in [1.29, 1.82) is 0 Å². The largest absolute Gasteiger partial charge is 0.356 e. The molecule has 0 radical (unpaired) electrons. The molecule has 2 N–H and O–H groups in total. The van der Waals surface area contributed by atoms with Gasteiger partial charge in [0.25, 0.3) is 5.56 Å². The van der Waals surface area contributed by atoms with Crippen LogP contribution in [-0.4, -0.2) is 32.2 Å². The smallest absolute Gasteiger partial charge is 0.258 e. The third-order valence-corrected chi connectivity index (χ3v) is 5.41. The van der Waals surface area contributed by atoms with Crippen LogP contribution in [0.15, 0.2) is 59.4 Å². The van der Waals surface area contributed by atoms with Gasteiger partial charge in [0.2, 0.25) is 5.91 Å². The fourth-order valence-corrected chi connectivity index (χ4v) is 3.80. The number of aryl methyl sites for hydroxylation is 3. The van der Waals surface area contributed by atoms with Crippen molar-refractivity contribution in [2.45, 2.75) is 39.5 Å². The number of carbonyl (C=O) groups is 1. The number of benzene rings is 2. The Morgan fingerprint density at radius 2 is 1.84 bits per heavy atom. The summed E-state index contributed by atoms with van der Waals surface area (Å²) < 4.78 is 1.93. The van der Waals surface area contributed by atoms with Gasteiger partial charge in [0, 0.05) is 25.1 Å². The first kappa shape index (κ1) is 21.5. The van der Waals surface area contributed by atoms with Crippen LogP contribution >= 0.6 is 0 Å². The summed E-state index contributed by atoms with van der Waals surface area (Å²) in [6.07, 6.45) is 2.35. The van der Waals surface area contributed by atoms with Crippen LogP contribution in [0.2, 0.25) is 0 Å². The van der Waals surface area contributed by atoms with E-state index in [1.54, 1.807) is 6.07 Å². The van der Waals surface area contributed by atoms with Gasteiger partial charge >= 0.3 is 0 Å². The van der Waals surface area contributed by atoms with E-state index in [1.807, 2.05) is 48.9 Å². The van der Waals surface area contributed by atoms with Crippen LogP contribution in [0.3, 0.4) is 0 Å². The number of rotatable bonds is 8. The normalized spacial score (nSPS) is 11.1. The lowest BCUT2D eigenvalue weighted by atomic mass is 10.1. The summed E-state index contributed by atoms with van der Waals surface area (Å²) in [5, 5.41) is 8.05. The van der Waals surface area contributed by atoms with Crippen molar-refractivity contribution < 1.29 is 4.79 Å². The second-order valence-electron chi connectivity index (χ2n) is 7.99. The lowest BCUT2D eigenvalue weighted by Gasteiger charge is -2.08. The Balaban J connectivity index is 1.22. The van der Waals surface area contributed by atoms with Gasteiger partial charge in [0.05, 0.1) is 22.3 Å². The fraction of sp³-hybridized carbons (Fsp3) is 0.280. The first-order chi connectivity index (χ1) is 15.5. The zero-order valence-corrected chi connectivity index (χ0v) is 18.4. The number of amides is 1. The van der Waals surface area contributed by atoms with Crippen LogP contribution in [0, 0.1) is 13.8 Å².